The van der Waals surface area contributed by atoms with E-state index in [-0.39, 0.29) is 0 Å². The van der Waals surface area contributed by atoms with Gasteiger partial charge < -0.3 is 9.84 Å². The maximum atomic E-state index is 13.3. The molecule has 0 aliphatic heterocycles. The van der Waals surface area contributed by atoms with E-state index in [1.807, 2.05) is 0 Å². The van der Waals surface area contributed by atoms with Gasteiger partial charge in [-0.15, -0.1) is 0 Å². The lowest BCUT2D eigenvalue weighted by molar-refractivity contribution is -0.137. The average molecular weight is 379 g/mol. The highest BCUT2D eigenvalue weighted by Crippen LogP contribution is 2.27. The van der Waals surface area contributed by atoms with Gasteiger partial charge in [-0.05, 0) is 60.0 Å². The summed E-state index contributed by atoms with van der Waals surface area (Å²) >= 11 is 3.37. The number of esters is 1. The first kappa shape index (κ1) is 17.4. The van der Waals surface area contributed by atoms with Gasteiger partial charge in [0.05, 0.1) is 6.61 Å². The standard InChI is InChI=1S/C18H16BrFO3/c1-2-23-17(21)7-6-12-8-14(10-15(19)9-12)18(22)13-4-3-5-16(20)11-13/h3-11,18,22H,2H2,1H3. The van der Waals surface area contributed by atoms with Crippen LogP contribution in [-0.4, -0.2) is 17.7 Å². The topological polar surface area (TPSA) is 46.5 Å². The van der Waals surface area contributed by atoms with E-state index in [4.69, 9.17) is 4.74 Å². The lowest BCUT2D eigenvalue weighted by atomic mass is 9.99. The highest BCUT2D eigenvalue weighted by Gasteiger charge is 2.12. The summed E-state index contributed by atoms with van der Waals surface area (Å²) in [5.74, 6) is -0.835. The molecule has 0 saturated carbocycles. The summed E-state index contributed by atoms with van der Waals surface area (Å²) in [6.07, 6.45) is 1.96. The number of carbonyl (C=O) groups excluding carboxylic acids is 1. The highest BCUT2D eigenvalue weighted by atomic mass is 79.9. The van der Waals surface area contributed by atoms with E-state index < -0.39 is 17.9 Å². The van der Waals surface area contributed by atoms with Crippen molar-refractivity contribution < 1.29 is 19.0 Å². The Balaban J connectivity index is 2.28. The number of ether oxygens (including phenoxy) is 1. The molecule has 1 N–H and O–H groups in total. The molecule has 0 aliphatic rings. The van der Waals surface area contributed by atoms with Crippen LogP contribution in [0.5, 0.6) is 0 Å². The Kier molecular flexibility index (Phi) is 6.07. The van der Waals surface area contributed by atoms with Crippen LogP contribution in [0.4, 0.5) is 4.39 Å². The van der Waals surface area contributed by atoms with Crippen LogP contribution in [-0.2, 0) is 9.53 Å². The Labute approximate surface area is 142 Å². The smallest absolute Gasteiger partial charge is 0.330 e. The van der Waals surface area contributed by atoms with Crippen molar-refractivity contribution in [3.05, 3.63) is 75.5 Å². The van der Waals surface area contributed by atoms with Gasteiger partial charge in [-0.1, -0.05) is 28.1 Å². The average Bonchev–Trinajstić information content (AvgIpc) is 2.52. The van der Waals surface area contributed by atoms with Gasteiger partial charge in [0, 0.05) is 10.5 Å². The van der Waals surface area contributed by atoms with E-state index in [1.54, 1.807) is 43.3 Å². The summed E-state index contributed by atoms with van der Waals surface area (Å²) in [4.78, 5) is 11.4. The third kappa shape index (κ3) is 5.01. The summed E-state index contributed by atoms with van der Waals surface area (Å²) in [6.45, 7) is 2.05. The van der Waals surface area contributed by atoms with Gasteiger partial charge in [-0.2, -0.15) is 0 Å². The van der Waals surface area contributed by atoms with Crippen LogP contribution in [0.15, 0.2) is 53.0 Å². The second kappa shape index (κ2) is 8.04. The molecule has 0 heterocycles. The molecule has 0 bridgehead atoms. The second-order valence-corrected chi connectivity index (χ2v) is 5.78. The molecule has 1 atom stereocenters. The number of aliphatic hydroxyl groups is 1. The third-order valence-electron chi connectivity index (χ3n) is 3.12. The van der Waals surface area contributed by atoms with Crippen LogP contribution in [0, 0.1) is 5.82 Å². The molecule has 23 heavy (non-hydrogen) atoms. The molecule has 0 radical (unpaired) electrons. The number of rotatable bonds is 5. The summed E-state index contributed by atoms with van der Waals surface area (Å²) < 4.78 is 18.9. The van der Waals surface area contributed by atoms with Gasteiger partial charge in [0.15, 0.2) is 0 Å². The number of carbonyl (C=O) groups is 1. The SMILES string of the molecule is CCOC(=O)C=Cc1cc(Br)cc(C(O)c2cccc(F)c2)c1. The van der Waals surface area contributed by atoms with Gasteiger partial charge in [0.25, 0.3) is 0 Å². The summed E-state index contributed by atoms with van der Waals surface area (Å²) in [5, 5.41) is 10.4. The molecule has 5 heteroatoms. The minimum absolute atomic E-state index is 0.311. The fraction of sp³-hybridized carbons (Fsp3) is 0.167. The largest absolute Gasteiger partial charge is 0.463 e. The van der Waals surface area contributed by atoms with Crippen molar-refractivity contribution in [2.24, 2.45) is 0 Å². The van der Waals surface area contributed by atoms with Crippen molar-refractivity contribution in [3.8, 4) is 0 Å². The van der Waals surface area contributed by atoms with E-state index in [1.165, 1.54) is 18.2 Å². The molecule has 0 spiro atoms. The molecule has 2 rings (SSSR count). The lowest BCUT2D eigenvalue weighted by Crippen LogP contribution is -2.01. The Hall–Kier alpha value is -1.98. The molecule has 1 unspecified atom stereocenters. The molecule has 0 amide bonds. The fourth-order valence-corrected chi connectivity index (χ4v) is 2.64. The van der Waals surface area contributed by atoms with Crippen molar-refractivity contribution in [3.63, 3.8) is 0 Å². The lowest BCUT2D eigenvalue weighted by Gasteiger charge is -2.13. The molecule has 3 nitrogen and oxygen atoms in total. The summed E-state index contributed by atoms with van der Waals surface area (Å²) in [5.41, 5.74) is 1.77. The summed E-state index contributed by atoms with van der Waals surface area (Å²) in [7, 11) is 0. The predicted molar refractivity (Wildman–Crippen MR) is 90.3 cm³/mol. The number of benzene rings is 2. The Morgan fingerprint density at radius 2 is 2.09 bits per heavy atom. The van der Waals surface area contributed by atoms with Crippen LogP contribution in [0.1, 0.15) is 29.7 Å². The van der Waals surface area contributed by atoms with Gasteiger partial charge in [-0.3, -0.25) is 0 Å². The highest BCUT2D eigenvalue weighted by molar-refractivity contribution is 9.10. The quantitative estimate of drug-likeness (QED) is 0.624. The maximum Gasteiger partial charge on any atom is 0.330 e. The Morgan fingerprint density at radius 3 is 2.78 bits per heavy atom. The summed E-state index contributed by atoms with van der Waals surface area (Å²) in [6, 6.07) is 11.1. The van der Waals surface area contributed by atoms with Gasteiger partial charge >= 0.3 is 5.97 Å². The fourth-order valence-electron chi connectivity index (χ4n) is 2.11. The molecule has 0 aliphatic carbocycles. The van der Waals surface area contributed by atoms with Gasteiger partial charge in [0.1, 0.15) is 11.9 Å². The molecular weight excluding hydrogens is 363 g/mol. The van der Waals surface area contributed by atoms with Crippen LogP contribution in [0.25, 0.3) is 6.08 Å². The van der Waals surface area contributed by atoms with E-state index in [0.29, 0.717) is 17.7 Å². The van der Waals surface area contributed by atoms with Crippen molar-refractivity contribution in [2.75, 3.05) is 6.61 Å². The Morgan fingerprint density at radius 1 is 1.30 bits per heavy atom. The van der Waals surface area contributed by atoms with Crippen molar-refractivity contribution in [2.45, 2.75) is 13.0 Å². The number of aliphatic hydroxyl groups excluding tert-OH is 1. The zero-order valence-electron chi connectivity index (χ0n) is 12.5. The molecule has 120 valence electrons. The van der Waals surface area contributed by atoms with Crippen LogP contribution in [0.3, 0.4) is 0 Å². The van der Waals surface area contributed by atoms with Gasteiger partial charge in [0.2, 0.25) is 0 Å². The van der Waals surface area contributed by atoms with Crippen molar-refractivity contribution in [1.29, 1.82) is 0 Å². The molecule has 2 aromatic rings. The third-order valence-corrected chi connectivity index (χ3v) is 3.58. The molecule has 2 aromatic carbocycles. The second-order valence-electron chi connectivity index (χ2n) is 4.86. The van der Waals surface area contributed by atoms with E-state index in [0.717, 1.165) is 10.0 Å². The van der Waals surface area contributed by atoms with E-state index in [9.17, 15) is 14.3 Å². The molecule has 0 aromatic heterocycles. The first-order valence-electron chi connectivity index (χ1n) is 7.08. The predicted octanol–water partition coefficient (Wildman–Crippen LogP) is 4.25. The molecular formula is C18H16BrFO3. The van der Waals surface area contributed by atoms with Crippen molar-refractivity contribution >= 4 is 28.0 Å². The Bertz CT molecular complexity index is 728. The van der Waals surface area contributed by atoms with Crippen molar-refractivity contribution in [1.82, 2.24) is 0 Å². The monoisotopic (exact) mass is 378 g/mol. The zero-order chi connectivity index (χ0) is 16.8. The minimum atomic E-state index is -0.960. The zero-order valence-corrected chi connectivity index (χ0v) is 14.1. The van der Waals surface area contributed by atoms with E-state index in [2.05, 4.69) is 15.9 Å². The van der Waals surface area contributed by atoms with Crippen LogP contribution in [0.2, 0.25) is 0 Å². The molecule has 0 fully saturated rings. The van der Waals surface area contributed by atoms with Gasteiger partial charge in [-0.25, -0.2) is 9.18 Å². The number of hydrogen-bond acceptors (Lipinski definition) is 3. The first-order valence-corrected chi connectivity index (χ1v) is 7.87. The number of hydrogen-bond donors (Lipinski definition) is 1. The normalized spacial score (nSPS) is 12.3. The van der Waals surface area contributed by atoms with Crippen LogP contribution >= 0.6 is 15.9 Å². The molecule has 0 saturated heterocycles. The minimum Gasteiger partial charge on any atom is -0.463 e. The number of halogens is 2. The van der Waals surface area contributed by atoms with Crippen LogP contribution < -0.4 is 0 Å². The maximum absolute atomic E-state index is 13.3. The van der Waals surface area contributed by atoms with E-state index >= 15 is 0 Å². The first-order chi connectivity index (χ1) is 11.0.